The molecule has 4 N–H and O–H groups in total. The monoisotopic (exact) mass is 571 g/mol. The van der Waals surface area contributed by atoms with E-state index in [2.05, 4.69) is 25.4 Å². The fraction of sp³-hybridized carbons (Fsp3) is 0.100. The Morgan fingerprint density at radius 2 is 1.62 bits per heavy atom. The van der Waals surface area contributed by atoms with Crippen LogP contribution in [-0.2, 0) is 12.1 Å². The molecule has 42 heavy (non-hydrogen) atoms. The van der Waals surface area contributed by atoms with Gasteiger partial charge in [-0.15, -0.1) is 0 Å². The predicted octanol–water partition coefficient (Wildman–Crippen LogP) is 3.68. The number of benzene rings is 2. The van der Waals surface area contributed by atoms with Crippen LogP contribution in [0.25, 0.3) is 11.3 Å². The molecule has 212 valence electrons. The molecule has 0 saturated carbocycles. The maximum Gasteiger partial charge on any atom is 0.270 e. The molecule has 3 aromatic heterocycles. The van der Waals surface area contributed by atoms with Gasteiger partial charge in [-0.05, 0) is 65.7 Å². The van der Waals surface area contributed by atoms with Crippen molar-refractivity contribution in [3.63, 3.8) is 0 Å². The molecule has 0 radical (unpaired) electrons. The summed E-state index contributed by atoms with van der Waals surface area (Å²) in [5.41, 5.74) is 6.58. The van der Waals surface area contributed by atoms with E-state index in [9.17, 15) is 23.1 Å². The lowest BCUT2D eigenvalue weighted by molar-refractivity contribution is 0.0120. The van der Waals surface area contributed by atoms with E-state index in [4.69, 9.17) is 5.73 Å². The number of nitrogens with two attached hydrogens (primary N) is 1. The average molecular weight is 572 g/mol. The average Bonchev–Trinajstić information content (AvgIpc) is 3.50. The number of rotatable bonds is 9. The minimum Gasteiger partial charge on any atom is -0.398 e. The first kappa shape index (κ1) is 28.2. The van der Waals surface area contributed by atoms with E-state index in [-0.39, 0.29) is 17.8 Å². The number of amides is 1. The quantitative estimate of drug-likeness (QED) is 0.246. The molecule has 0 saturated heterocycles. The maximum absolute atomic E-state index is 14.7. The van der Waals surface area contributed by atoms with Crippen molar-refractivity contribution < 1.29 is 23.1 Å². The highest BCUT2D eigenvalue weighted by Crippen LogP contribution is 2.29. The molecule has 2 aromatic carbocycles. The topological polar surface area (TPSA) is 132 Å². The standard InChI is InChI=1S/C30H24F3N7O2/c31-21-6-4-20(5-7-21)28(34)27(19-10-12-35-13-11-19)25-2-1-3-26(39-25)29(41)37-15-30(42,16-40-18-36-17-38-40)23-9-8-22(32)14-24(23)33/h1-14,17-18,42H,15-16,34H2,(H,37,41)/b28-27-. The summed E-state index contributed by atoms with van der Waals surface area (Å²) in [4.78, 5) is 25.7. The molecule has 5 aromatic rings. The zero-order valence-electron chi connectivity index (χ0n) is 22.0. The summed E-state index contributed by atoms with van der Waals surface area (Å²) in [6, 6.07) is 16.6. The number of carbonyl (C=O) groups is 1. The van der Waals surface area contributed by atoms with Crippen LogP contribution < -0.4 is 11.1 Å². The number of aliphatic hydroxyl groups is 1. The first-order valence-corrected chi connectivity index (χ1v) is 12.7. The third-order valence-electron chi connectivity index (χ3n) is 6.50. The zero-order chi connectivity index (χ0) is 29.7. The molecule has 0 aliphatic carbocycles. The first-order valence-electron chi connectivity index (χ1n) is 12.7. The van der Waals surface area contributed by atoms with Crippen LogP contribution in [0.15, 0.2) is 97.8 Å². The highest BCUT2D eigenvalue weighted by Gasteiger charge is 2.34. The van der Waals surface area contributed by atoms with Gasteiger partial charge < -0.3 is 16.2 Å². The molecule has 1 unspecified atom stereocenters. The summed E-state index contributed by atoms with van der Waals surface area (Å²) in [5.74, 6) is -2.90. The largest absolute Gasteiger partial charge is 0.398 e. The van der Waals surface area contributed by atoms with Gasteiger partial charge in [0.05, 0.1) is 18.8 Å². The van der Waals surface area contributed by atoms with Gasteiger partial charge in [-0.1, -0.05) is 12.1 Å². The Hall–Kier alpha value is -5.36. The molecule has 0 bridgehead atoms. The number of carbonyl (C=O) groups excluding carboxylic acids is 1. The van der Waals surface area contributed by atoms with Crippen LogP contribution in [0.1, 0.15) is 32.9 Å². The van der Waals surface area contributed by atoms with Crippen molar-refractivity contribution >= 4 is 17.2 Å². The number of hydrogen-bond acceptors (Lipinski definition) is 7. The minimum absolute atomic E-state index is 0.0198. The van der Waals surface area contributed by atoms with E-state index in [1.165, 1.54) is 47.7 Å². The highest BCUT2D eigenvalue weighted by molar-refractivity contribution is 5.98. The number of halogens is 3. The molecular formula is C30H24F3N7O2. The van der Waals surface area contributed by atoms with Crippen molar-refractivity contribution in [2.45, 2.75) is 12.1 Å². The number of nitrogens with one attached hydrogen (secondary N) is 1. The van der Waals surface area contributed by atoms with Crippen molar-refractivity contribution in [2.75, 3.05) is 6.54 Å². The third kappa shape index (κ3) is 6.18. The molecule has 0 fully saturated rings. The van der Waals surface area contributed by atoms with Gasteiger partial charge in [0, 0.05) is 35.3 Å². The van der Waals surface area contributed by atoms with Gasteiger partial charge in [-0.25, -0.2) is 27.8 Å². The minimum atomic E-state index is -2.02. The van der Waals surface area contributed by atoms with Gasteiger partial charge in [0.25, 0.3) is 5.91 Å². The van der Waals surface area contributed by atoms with Crippen molar-refractivity contribution in [3.8, 4) is 0 Å². The number of hydrogen-bond donors (Lipinski definition) is 3. The maximum atomic E-state index is 14.7. The summed E-state index contributed by atoms with van der Waals surface area (Å²) in [6.45, 7) is -0.753. The second kappa shape index (κ2) is 12.0. The van der Waals surface area contributed by atoms with Crippen LogP contribution in [0.4, 0.5) is 13.2 Å². The summed E-state index contributed by atoms with van der Waals surface area (Å²) >= 11 is 0. The van der Waals surface area contributed by atoms with Gasteiger partial charge in [0.1, 0.15) is 41.4 Å². The number of nitrogens with zero attached hydrogens (tertiary/aromatic N) is 5. The van der Waals surface area contributed by atoms with Crippen molar-refractivity contribution in [1.82, 2.24) is 30.0 Å². The fourth-order valence-corrected chi connectivity index (χ4v) is 4.44. The van der Waals surface area contributed by atoms with E-state index in [0.717, 1.165) is 12.1 Å². The molecule has 1 amide bonds. The molecule has 0 aliphatic heterocycles. The second-order valence-electron chi connectivity index (χ2n) is 9.37. The van der Waals surface area contributed by atoms with Crippen LogP contribution in [0.2, 0.25) is 0 Å². The SMILES string of the molecule is N/C(=C(/c1ccncc1)c1cccc(C(=O)NCC(O)(Cn2cncn2)c2ccc(F)cc2F)n1)c1ccc(F)cc1. The van der Waals surface area contributed by atoms with Crippen molar-refractivity contribution in [2.24, 2.45) is 5.73 Å². The molecule has 9 nitrogen and oxygen atoms in total. The van der Waals surface area contributed by atoms with Crippen LogP contribution >= 0.6 is 0 Å². The molecule has 1 atom stereocenters. The smallest absolute Gasteiger partial charge is 0.270 e. The van der Waals surface area contributed by atoms with Crippen LogP contribution in [0.3, 0.4) is 0 Å². The molecular weight excluding hydrogens is 547 g/mol. The summed E-state index contributed by atoms with van der Waals surface area (Å²) < 4.78 is 43.2. The lowest BCUT2D eigenvalue weighted by atomic mass is 9.92. The van der Waals surface area contributed by atoms with Crippen LogP contribution in [0.5, 0.6) is 0 Å². The van der Waals surface area contributed by atoms with Crippen LogP contribution in [0, 0.1) is 17.5 Å². The Morgan fingerprint density at radius 3 is 2.31 bits per heavy atom. The van der Waals surface area contributed by atoms with Crippen molar-refractivity contribution in [1.29, 1.82) is 0 Å². The molecule has 12 heteroatoms. The Morgan fingerprint density at radius 1 is 0.905 bits per heavy atom. The fourth-order valence-electron chi connectivity index (χ4n) is 4.44. The Balaban J connectivity index is 1.47. The molecule has 0 aliphatic rings. The highest BCUT2D eigenvalue weighted by atomic mass is 19.1. The summed E-state index contributed by atoms with van der Waals surface area (Å²) in [6.07, 6.45) is 5.71. The number of aromatic nitrogens is 5. The number of pyridine rings is 2. The van der Waals surface area contributed by atoms with Gasteiger partial charge in [0.2, 0.25) is 0 Å². The van der Waals surface area contributed by atoms with E-state index >= 15 is 0 Å². The normalized spacial score (nSPS) is 13.2. The Labute approximate surface area is 238 Å². The second-order valence-corrected chi connectivity index (χ2v) is 9.37. The summed E-state index contributed by atoms with van der Waals surface area (Å²) in [5, 5.41) is 18.0. The van der Waals surface area contributed by atoms with Gasteiger partial charge in [-0.3, -0.25) is 9.78 Å². The van der Waals surface area contributed by atoms with Gasteiger partial charge in [0.15, 0.2) is 0 Å². The Kier molecular flexibility index (Phi) is 8.07. The van der Waals surface area contributed by atoms with E-state index in [1.54, 1.807) is 36.7 Å². The zero-order valence-corrected chi connectivity index (χ0v) is 22.0. The van der Waals surface area contributed by atoms with E-state index < -0.39 is 35.5 Å². The van der Waals surface area contributed by atoms with Gasteiger partial charge in [-0.2, -0.15) is 5.10 Å². The van der Waals surface area contributed by atoms with E-state index in [1.807, 2.05) is 0 Å². The van der Waals surface area contributed by atoms with E-state index in [0.29, 0.717) is 34.2 Å². The molecule has 0 spiro atoms. The van der Waals surface area contributed by atoms with Crippen molar-refractivity contribution in [3.05, 3.63) is 143 Å². The molecule has 5 rings (SSSR count). The Bertz CT molecular complexity index is 1730. The first-order chi connectivity index (χ1) is 20.2. The molecule has 3 heterocycles. The predicted molar refractivity (Wildman–Crippen MR) is 148 cm³/mol. The lowest BCUT2D eigenvalue weighted by Gasteiger charge is -2.29. The third-order valence-corrected chi connectivity index (χ3v) is 6.50. The summed E-state index contributed by atoms with van der Waals surface area (Å²) in [7, 11) is 0. The van der Waals surface area contributed by atoms with Gasteiger partial charge >= 0.3 is 0 Å². The van der Waals surface area contributed by atoms with Crippen LogP contribution in [-0.4, -0.2) is 42.3 Å². The lowest BCUT2D eigenvalue weighted by Crippen LogP contribution is -2.44.